The van der Waals surface area contributed by atoms with E-state index in [9.17, 15) is 0 Å². The average molecular weight is 256 g/mol. The molecule has 1 unspecified atom stereocenters. The molecule has 0 radical (unpaired) electrons. The van der Waals surface area contributed by atoms with Gasteiger partial charge in [0.1, 0.15) is 0 Å². The summed E-state index contributed by atoms with van der Waals surface area (Å²) >= 11 is 0. The zero-order valence-corrected chi connectivity index (χ0v) is 12.6. The van der Waals surface area contributed by atoms with Gasteiger partial charge in [-0.15, -0.1) is 0 Å². The highest BCUT2D eigenvalue weighted by molar-refractivity contribution is 4.87. The second kappa shape index (κ2) is 8.13. The molecule has 0 aromatic rings. The van der Waals surface area contributed by atoms with Crippen molar-refractivity contribution in [3.63, 3.8) is 0 Å². The molecule has 0 aliphatic carbocycles. The summed E-state index contributed by atoms with van der Waals surface area (Å²) in [4.78, 5) is 2.65. The third-order valence-corrected chi connectivity index (χ3v) is 4.54. The van der Waals surface area contributed by atoms with E-state index in [-0.39, 0.29) is 0 Å². The molecule has 2 N–H and O–H groups in total. The summed E-state index contributed by atoms with van der Waals surface area (Å²) in [6.45, 7) is 11.8. The number of ether oxygens (including phenoxy) is 1. The van der Waals surface area contributed by atoms with Gasteiger partial charge in [-0.1, -0.05) is 20.3 Å². The largest absolute Gasteiger partial charge is 0.381 e. The molecule has 18 heavy (non-hydrogen) atoms. The van der Waals surface area contributed by atoms with E-state index in [1.807, 2.05) is 0 Å². The molecule has 1 atom stereocenters. The Hall–Kier alpha value is -0.120. The molecular formula is C15H32N2O. The van der Waals surface area contributed by atoms with Crippen molar-refractivity contribution in [3.05, 3.63) is 0 Å². The Kier molecular flexibility index (Phi) is 7.20. The number of nitrogens with two attached hydrogens (primary N) is 1. The van der Waals surface area contributed by atoms with Gasteiger partial charge in [0.15, 0.2) is 0 Å². The predicted molar refractivity (Wildman–Crippen MR) is 77.8 cm³/mol. The summed E-state index contributed by atoms with van der Waals surface area (Å²) in [5, 5.41) is 0. The first-order chi connectivity index (χ1) is 8.67. The fourth-order valence-corrected chi connectivity index (χ4v) is 2.74. The Morgan fingerprint density at radius 2 is 1.94 bits per heavy atom. The zero-order chi connectivity index (χ0) is 13.4. The fourth-order valence-electron chi connectivity index (χ4n) is 2.74. The number of nitrogens with zero attached hydrogens (tertiary/aromatic N) is 1. The summed E-state index contributed by atoms with van der Waals surface area (Å²) in [7, 11) is 0. The summed E-state index contributed by atoms with van der Waals surface area (Å²) < 4.78 is 5.50. The van der Waals surface area contributed by atoms with Crippen LogP contribution in [0.1, 0.15) is 52.9 Å². The van der Waals surface area contributed by atoms with Crippen molar-refractivity contribution in [1.29, 1.82) is 0 Å². The molecule has 1 rings (SSSR count). The second-order valence-corrected chi connectivity index (χ2v) is 5.90. The van der Waals surface area contributed by atoms with Crippen LogP contribution in [0.5, 0.6) is 0 Å². The number of hydrogen-bond acceptors (Lipinski definition) is 3. The third kappa shape index (κ3) is 4.52. The van der Waals surface area contributed by atoms with Crippen LogP contribution in [-0.2, 0) is 4.74 Å². The van der Waals surface area contributed by atoms with Gasteiger partial charge in [-0.2, -0.15) is 0 Å². The van der Waals surface area contributed by atoms with Crippen molar-refractivity contribution in [2.75, 3.05) is 32.8 Å². The highest BCUT2D eigenvalue weighted by atomic mass is 16.5. The quantitative estimate of drug-likeness (QED) is 0.725. The number of unbranched alkanes of at least 4 members (excludes halogenated alkanes) is 1. The standard InChI is InChI=1S/C15H32N2O/c1-4-6-9-17(14(3)5-2)13-15(12-16)7-10-18-11-8-15/h14H,4-13,16H2,1-3H3. The minimum Gasteiger partial charge on any atom is -0.381 e. The first kappa shape index (κ1) is 15.9. The van der Waals surface area contributed by atoms with Crippen LogP contribution in [0.4, 0.5) is 0 Å². The van der Waals surface area contributed by atoms with Gasteiger partial charge in [0.2, 0.25) is 0 Å². The summed E-state index contributed by atoms with van der Waals surface area (Å²) in [6, 6.07) is 0.669. The van der Waals surface area contributed by atoms with E-state index in [1.165, 1.54) is 25.8 Å². The molecule has 1 saturated heterocycles. The van der Waals surface area contributed by atoms with E-state index in [2.05, 4.69) is 25.7 Å². The maximum absolute atomic E-state index is 6.07. The normalized spacial score (nSPS) is 21.2. The lowest BCUT2D eigenvalue weighted by molar-refractivity contribution is -0.00706. The topological polar surface area (TPSA) is 38.5 Å². The van der Waals surface area contributed by atoms with Crippen molar-refractivity contribution in [2.45, 2.75) is 58.9 Å². The van der Waals surface area contributed by atoms with Crippen LogP contribution in [0.2, 0.25) is 0 Å². The Morgan fingerprint density at radius 3 is 2.44 bits per heavy atom. The fraction of sp³-hybridized carbons (Fsp3) is 1.00. The molecule has 3 nitrogen and oxygen atoms in total. The highest BCUT2D eigenvalue weighted by Gasteiger charge is 2.33. The Bertz CT molecular complexity index is 215. The Labute approximate surface area is 113 Å². The molecule has 3 heteroatoms. The van der Waals surface area contributed by atoms with Crippen LogP contribution >= 0.6 is 0 Å². The van der Waals surface area contributed by atoms with E-state index in [1.54, 1.807) is 0 Å². The van der Waals surface area contributed by atoms with Crippen LogP contribution in [0.25, 0.3) is 0 Å². The van der Waals surface area contributed by atoms with Gasteiger partial charge < -0.3 is 15.4 Å². The predicted octanol–water partition coefficient (Wildman–Crippen LogP) is 2.64. The van der Waals surface area contributed by atoms with Gasteiger partial charge in [-0.3, -0.25) is 0 Å². The lowest BCUT2D eigenvalue weighted by atomic mass is 9.79. The highest BCUT2D eigenvalue weighted by Crippen LogP contribution is 2.31. The number of rotatable bonds is 8. The minimum atomic E-state index is 0.301. The van der Waals surface area contributed by atoms with Gasteiger partial charge in [0, 0.05) is 25.8 Å². The molecule has 108 valence electrons. The molecule has 0 aromatic heterocycles. The molecule has 0 amide bonds. The maximum Gasteiger partial charge on any atom is 0.0472 e. The van der Waals surface area contributed by atoms with E-state index in [4.69, 9.17) is 10.5 Å². The first-order valence-corrected chi connectivity index (χ1v) is 7.69. The lowest BCUT2D eigenvalue weighted by Gasteiger charge is -2.42. The molecule has 1 fully saturated rings. The molecular weight excluding hydrogens is 224 g/mol. The van der Waals surface area contributed by atoms with E-state index < -0.39 is 0 Å². The second-order valence-electron chi connectivity index (χ2n) is 5.90. The van der Waals surface area contributed by atoms with Crippen LogP contribution in [0, 0.1) is 5.41 Å². The summed E-state index contributed by atoms with van der Waals surface area (Å²) in [6.07, 6.45) is 6.04. The van der Waals surface area contributed by atoms with Gasteiger partial charge in [0.25, 0.3) is 0 Å². The van der Waals surface area contributed by atoms with Gasteiger partial charge in [-0.25, -0.2) is 0 Å². The van der Waals surface area contributed by atoms with E-state index in [0.717, 1.165) is 39.1 Å². The van der Waals surface area contributed by atoms with Crippen molar-refractivity contribution in [1.82, 2.24) is 4.90 Å². The van der Waals surface area contributed by atoms with E-state index in [0.29, 0.717) is 11.5 Å². The van der Waals surface area contributed by atoms with Gasteiger partial charge in [-0.05, 0) is 51.1 Å². The minimum absolute atomic E-state index is 0.301. The lowest BCUT2D eigenvalue weighted by Crippen LogP contribution is -2.48. The third-order valence-electron chi connectivity index (χ3n) is 4.54. The molecule has 1 aliphatic rings. The van der Waals surface area contributed by atoms with Crippen molar-refractivity contribution in [2.24, 2.45) is 11.1 Å². The monoisotopic (exact) mass is 256 g/mol. The molecule has 1 heterocycles. The summed E-state index contributed by atoms with van der Waals surface area (Å²) in [5.41, 5.74) is 6.38. The van der Waals surface area contributed by atoms with Crippen LogP contribution < -0.4 is 5.73 Å². The van der Waals surface area contributed by atoms with Crippen LogP contribution in [0.3, 0.4) is 0 Å². The summed E-state index contributed by atoms with van der Waals surface area (Å²) in [5.74, 6) is 0. The van der Waals surface area contributed by atoms with Crippen LogP contribution in [0.15, 0.2) is 0 Å². The zero-order valence-electron chi connectivity index (χ0n) is 12.6. The molecule has 0 spiro atoms. The molecule has 0 saturated carbocycles. The molecule has 0 bridgehead atoms. The van der Waals surface area contributed by atoms with Gasteiger partial charge >= 0.3 is 0 Å². The average Bonchev–Trinajstić information content (AvgIpc) is 2.43. The van der Waals surface area contributed by atoms with Gasteiger partial charge in [0.05, 0.1) is 0 Å². The molecule has 1 aliphatic heterocycles. The van der Waals surface area contributed by atoms with Crippen LogP contribution in [-0.4, -0.2) is 43.8 Å². The van der Waals surface area contributed by atoms with Crippen molar-refractivity contribution in [3.8, 4) is 0 Å². The first-order valence-electron chi connectivity index (χ1n) is 7.69. The Balaban J connectivity index is 2.60. The van der Waals surface area contributed by atoms with Crippen molar-refractivity contribution >= 4 is 0 Å². The number of hydrogen-bond donors (Lipinski definition) is 1. The van der Waals surface area contributed by atoms with Crippen molar-refractivity contribution < 1.29 is 4.74 Å². The SMILES string of the molecule is CCCCN(CC1(CN)CCOCC1)C(C)CC. The van der Waals surface area contributed by atoms with E-state index >= 15 is 0 Å². The molecule has 0 aromatic carbocycles. The Morgan fingerprint density at radius 1 is 1.28 bits per heavy atom. The smallest absolute Gasteiger partial charge is 0.0472 e. The maximum atomic E-state index is 6.07.